The third-order valence-corrected chi connectivity index (χ3v) is 5.71. The van der Waals surface area contributed by atoms with Gasteiger partial charge in [0.15, 0.2) is 0 Å². The van der Waals surface area contributed by atoms with Crippen molar-refractivity contribution in [2.75, 3.05) is 13.6 Å². The molecule has 1 aliphatic rings. The van der Waals surface area contributed by atoms with Gasteiger partial charge in [0.1, 0.15) is 5.75 Å². The van der Waals surface area contributed by atoms with Crippen LogP contribution in [0.5, 0.6) is 5.75 Å². The molecule has 27 heavy (non-hydrogen) atoms. The average Bonchev–Trinajstić information content (AvgIpc) is 3.23. The van der Waals surface area contributed by atoms with Gasteiger partial charge in [0.25, 0.3) is 0 Å². The van der Waals surface area contributed by atoms with Crippen molar-refractivity contribution in [2.45, 2.75) is 51.6 Å². The number of halogens is 1. The average molecular weight is 389 g/mol. The molecule has 0 saturated carbocycles. The van der Waals surface area contributed by atoms with Crippen molar-refractivity contribution in [3.8, 4) is 5.75 Å². The molecule has 3 aromatic rings. The van der Waals surface area contributed by atoms with Crippen LogP contribution in [0.15, 0.2) is 30.6 Å². The van der Waals surface area contributed by atoms with Gasteiger partial charge in [-0.2, -0.15) is 5.10 Å². The van der Waals surface area contributed by atoms with Crippen LogP contribution in [0.25, 0.3) is 10.9 Å². The summed E-state index contributed by atoms with van der Waals surface area (Å²) < 4.78 is 2.03. The molecule has 5 nitrogen and oxygen atoms in total. The number of nitrogens with zero attached hydrogens (tertiary/aromatic N) is 3. The van der Waals surface area contributed by atoms with Gasteiger partial charge >= 0.3 is 0 Å². The van der Waals surface area contributed by atoms with Crippen LogP contribution in [0, 0.1) is 0 Å². The Kier molecular flexibility index (Phi) is 5.82. The molecule has 0 saturated heterocycles. The van der Waals surface area contributed by atoms with Crippen LogP contribution in [-0.4, -0.2) is 44.4 Å². The molecule has 6 heteroatoms. The number of benzene rings is 1. The Morgan fingerprint density at radius 3 is 2.93 bits per heavy atom. The zero-order valence-corrected chi connectivity index (χ0v) is 17.1. The molecule has 2 N–H and O–H groups in total. The van der Waals surface area contributed by atoms with E-state index in [1.165, 1.54) is 28.6 Å². The lowest BCUT2D eigenvalue weighted by Crippen LogP contribution is -2.37. The van der Waals surface area contributed by atoms with E-state index in [1.54, 1.807) is 6.07 Å². The van der Waals surface area contributed by atoms with E-state index in [0.717, 1.165) is 31.3 Å². The van der Waals surface area contributed by atoms with Gasteiger partial charge in [-0.3, -0.25) is 4.68 Å². The van der Waals surface area contributed by atoms with Gasteiger partial charge in [0.05, 0.1) is 6.20 Å². The van der Waals surface area contributed by atoms with Crippen LogP contribution < -0.4 is 0 Å². The molecule has 1 unspecified atom stereocenters. The summed E-state index contributed by atoms with van der Waals surface area (Å²) in [6.45, 7) is 5.35. The van der Waals surface area contributed by atoms with E-state index < -0.39 is 0 Å². The molecule has 1 aliphatic carbocycles. The van der Waals surface area contributed by atoms with Crippen LogP contribution in [0.4, 0.5) is 0 Å². The zero-order valence-electron chi connectivity index (χ0n) is 16.3. The smallest absolute Gasteiger partial charge is 0.116 e. The maximum atomic E-state index is 9.84. The van der Waals surface area contributed by atoms with Crippen molar-refractivity contribution in [1.29, 1.82) is 0 Å². The summed E-state index contributed by atoms with van der Waals surface area (Å²) in [7, 11) is 2.23. The lowest BCUT2D eigenvalue weighted by molar-refractivity contribution is 0.224. The fraction of sp³-hybridized carbons (Fsp3) is 0.476. The Labute approximate surface area is 166 Å². The van der Waals surface area contributed by atoms with E-state index in [9.17, 15) is 5.11 Å². The highest BCUT2D eigenvalue weighted by Gasteiger charge is 2.25. The van der Waals surface area contributed by atoms with Crippen LogP contribution in [0.3, 0.4) is 0 Å². The normalized spacial score (nSPS) is 16.7. The minimum atomic E-state index is 0. The Morgan fingerprint density at radius 2 is 2.19 bits per heavy atom. The molecule has 146 valence electrons. The van der Waals surface area contributed by atoms with Gasteiger partial charge < -0.3 is 15.0 Å². The fourth-order valence-corrected chi connectivity index (χ4v) is 4.04. The maximum Gasteiger partial charge on any atom is 0.116 e. The lowest BCUT2D eigenvalue weighted by atomic mass is 9.90. The molecule has 0 amide bonds. The van der Waals surface area contributed by atoms with Crippen molar-refractivity contribution >= 4 is 23.3 Å². The number of fused-ring (bicyclic) bond motifs is 3. The van der Waals surface area contributed by atoms with Gasteiger partial charge in [-0.15, -0.1) is 12.4 Å². The first kappa shape index (κ1) is 19.8. The number of hydrogen-bond donors (Lipinski definition) is 2. The molecule has 0 radical (unpaired) electrons. The van der Waals surface area contributed by atoms with Crippen molar-refractivity contribution in [3.63, 3.8) is 0 Å². The zero-order chi connectivity index (χ0) is 18.3. The summed E-state index contributed by atoms with van der Waals surface area (Å²) in [4.78, 5) is 6.02. The van der Waals surface area contributed by atoms with Gasteiger partial charge in [-0.05, 0) is 75.9 Å². The van der Waals surface area contributed by atoms with E-state index >= 15 is 0 Å². The monoisotopic (exact) mass is 388 g/mol. The second kappa shape index (κ2) is 7.95. The molecular formula is C21H29ClN4O. The Bertz CT molecular complexity index is 914. The van der Waals surface area contributed by atoms with Crippen LogP contribution in [0.2, 0.25) is 0 Å². The molecule has 0 spiro atoms. The predicted molar refractivity (Wildman–Crippen MR) is 112 cm³/mol. The van der Waals surface area contributed by atoms with Crippen LogP contribution >= 0.6 is 12.4 Å². The molecule has 2 aromatic heterocycles. The molecule has 0 fully saturated rings. The van der Waals surface area contributed by atoms with Gasteiger partial charge in [-0.1, -0.05) is 0 Å². The third-order valence-electron chi connectivity index (χ3n) is 5.71. The maximum absolute atomic E-state index is 9.84. The highest BCUT2D eigenvalue weighted by atomic mass is 35.5. The van der Waals surface area contributed by atoms with Gasteiger partial charge in [0, 0.05) is 41.4 Å². The summed E-state index contributed by atoms with van der Waals surface area (Å²) in [5, 5.41) is 15.5. The molecule has 4 rings (SSSR count). The Hall–Kier alpha value is -1.98. The largest absolute Gasteiger partial charge is 0.508 e. The number of phenolic OH excluding ortho intramolecular Hbond substituents is 1. The van der Waals surface area contributed by atoms with E-state index in [-0.39, 0.29) is 12.4 Å². The van der Waals surface area contributed by atoms with Crippen molar-refractivity contribution in [2.24, 2.45) is 0 Å². The van der Waals surface area contributed by atoms with Crippen LogP contribution in [0.1, 0.15) is 43.1 Å². The second-order valence-corrected chi connectivity index (χ2v) is 7.86. The topological polar surface area (TPSA) is 57.1 Å². The molecule has 2 heterocycles. The summed E-state index contributed by atoms with van der Waals surface area (Å²) in [5.41, 5.74) is 5.16. The van der Waals surface area contributed by atoms with E-state index in [1.807, 2.05) is 23.0 Å². The SMILES string of the molecule is CC(C)n1cc(CCN(C)C2CCc3[nH]c4ccc(O)cc4c3C2)cn1.Cl. The van der Waals surface area contributed by atoms with Gasteiger partial charge in [-0.25, -0.2) is 0 Å². The first-order valence-corrected chi connectivity index (χ1v) is 9.57. The molecule has 0 bridgehead atoms. The van der Waals surface area contributed by atoms with Crippen molar-refractivity contribution in [3.05, 3.63) is 47.4 Å². The Balaban J connectivity index is 0.00000210. The van der Waals surface area contributed by atoms with E-state index in [4.69, 9.17) is 0 Å². The molecule has 0 aliphatic heterocycles. The number of aromatic amines is 1. The summed E-state index contributed by atoms with van der Waals surface area (Å²) in [6.07, 6.45) is 8.48. The number of H-pyrrole nitrogens is 1. The quantitative estimate of drug-likeness (QED) is 0.691. The number of aromatic nitrogens is 3. The predicted octanol–water partition coefficient (Wildman–Crippen LogP) is 4.10. The fourth-order valence-electron chi connectivity index (χ4n) is 4.04. The number of hydrogen-bond acceptors (Lipinski definition) is 3. The minimum Gasteiger partial charge on any atom is -0.508 e. The summed E-state index contributed by atoms with van der Waals surface area (Å²) >= 11 is 0. The molecule has 1 atom stereocenters. The third kappa shape index (κ3) is 3.99. The number of aromatic hydroxyl groups is 1. The number of likely N-dealkylation sites (N-methyl/N-ethyl adjacent to an activating group) is 1. The van der Waals surface area contributed by atoms with Crippen LogP contribution in [-0.2, 0) is 19.3 Å². The number of aryl methyl sites for hydroxylation is 1. The minimum absolute atomic E-state index is 0. The van der Waals surface area contributed by atoms with Gasteiger partial charge in [0.2, 0.25) is 0 Å². The Morgan fingerprint density at radius 1 is 1.37 bits per heavy atom. The first-order valence-electron chi connectivity index (χ1n) is 9.57. The highest BCUT2D eigenvalue weighted by Crippen LogP contribution is 2.32. The van der Waals surface area contributed by atoms with E-state index in [0.29, 0.717) is 17.8 Å². The highest BCUT2D eigenvalue weighted by molar-refractivity contribution is 5.86. The summed E-state index contributed by atoms with van der Waals surface area (Å²) in [5.74, 6) is 0.344. The summed E-state index contributed by atoms with van der Waals surface area (Å²) in [6, 6.07) is 6.59. The standard InChI is InChI=1S/C21H28N4O.ClH/c1-14(2)25-13-15(12-22-25)8-9-24(3)16-4-6-20-18(10-16)19-11-17(26)5-7-21(19)23-20;/h5,7,11-14,16,23,26H,4,6,8-10H2,1-3H3;1H. The number of rotatable bonds is 5. The molecular weight excluding hydrogens is 360 g/mol. The van der Waals surface area contributed by atoms with Crippen molar-refractivity contribution in [1.82, 2.24) is 19.7 Å². The number of phenols is 1. The number of nitrogens with one attached hydrogen (secondary N) is 1. The lowest BCUT2D eigenvalue weighted by Gasteiger charge is -2.31. The van der Waals surface area contributed by atoms with E-state index in [2.05, 4.69) is 42.1 Å². The molecule has 1 aromatic carbocycles. The second-order valence-electron chi connectivity index (χ2n) is 7.86. The first-order chi connectivity index (χ1) is 12.5. The van der Waals surface area contributed by atoms with Crippen molar-refractivity contribution < 1.29 is 5.11 Å².